The molecule has 0 aliphatic carbocycles. The number of ether oxygens (including phenoxy) is 1. The highest BCUT2D eigenvalue weighted by Gasteiger charge is 2.30. The number of likely N-dealkylation sites (tertiary alicyclic amines) is 1. The van der Waals surface area contributed by atoms with E-state index in [9.17, 15) is 14.0 Å². The van der Waals surface area contributed by atoms with Gasteiger partial charge in [-0.25, -0.2) is 9.18 Å². The van der Waals surface area contributed by atoms with Crippen molar-refractivity contribution in [3.63, 3.8) is 0 Å². The van der Waals surface area contributed by atoms with Crippen LogP contribution in [0.3, 0.4) is 0 Å². The van der Waals surface area contributed by atoms with Crippen LogP contribution in [-0.2, 0) is 11.8 Å². The smallest absolute Gasteiger partial charge is 0.410 e. The number of carbonyl (C=O) groups is 2. The lowest BCUT2D eigenvalue weighted by molar-refractivity contribution is 0.0863. The Kier molecular flexibility index (Phi) is 5.13. The summed E-state index contributed by atoms with van der Waals surface area (Å²) in [6.45, 7) is -0.0108. The minimum Gasteiger partial charge on any atom is -0.447 e. The number of hydrogen-bond acceptors (Lipinski definition) is 4. The van der Waals surface area contributed by atoms with Crippen molar-refractivity contribution in [2.75, 3.05) is 26.4 Å². The van der Waals surface area contributed by atoms with Crippen LogP contribution >= 0.6 is 0 Å². The zero-order valence-corrected chi connectivity index (χ0v) is 11.9. The maximum atomic E-state index is 12.0. The van der Waals surface area contributed by atoms with Crippen LogP contribution in [0, 0.1) is 0 Å². The number of aryl methyl sites for hydroxylation is 1. The summed E-state index contributed by atoms with van der Waals surface area (Å²) >= 11 is 0. The van der Waals surface area contributed by atoms with Crippen molar-refractivity contribution >= 4 is 12.0 Å². The quantitative estimate of drug-likeness (QED) is 0.869. The van der Waals surface area contributed by atoms with Crippen molar-refractivity contribution < 1.29 is 18.7 Å². The maximum Gasteiger partial charge on any atom is 0.410 e. The summed E-state index contributed by atoms with van der Waals surface area (Å²) in [7, 11) is 1.73. The minimum atomic E-state index is -0.692. The molecule has 2 amide bonds. The van der Waals surface area contributed by atoms with Gasteiger partial charge in [0.25, 0.3) is 5.91 Å². The van der Waals surface area contributed by atoms with E-state index in [0.29, 0.717) is 18.7 Å². The maximum absolute atomic E-state index is 12.0. The van der Waals surface area contributed by atoms with Crippen LogP contribution in [0.2, 0.25) is 0 Å². The van der Waals surface area contributed by atoms with Crippen molar-refractivity contribution in [1.29, 1.82) is 0 Å². The van der Waals surface area contributed by atoms with Gasteiger partial charge in [0.05, 0.1) is 17.8 Å². The Labute approximate surface area is 122 Å². The summed E-state index contributed by atoms with van der Waals surface area (Å²) < 4.78 is 18.4. The van der Waals surface area contributed by atoms with E-state index >= 15 is 0 Å². The molecule has 0 spiro atoms. The summed E-state index contributed by atoms with van der Waals surface area (Å²) in [4.78, 5) is 25.2. The summed E-state index contributed by atoms with van der Waals surface area (Å²) in [6, 6.07) is -0.113. The second kappa shape index (κ2) is 7.05. The first-order valence-corrected chi connectivity index (χ1v) is 6.88. The number of halogens is 1. The van der Waals surface area contributed by atoms with E-state index in [-0.39, 0.29) is 18.6 Å². The average molecular weight is 298 g/mol. The van der Waals surface area contributed by atoms with Crippen molar-refractivity contribution in [3.8, 4) is 0 Å². The van der Waals surface area contributed by atoms with Crippen LogP contribution < -0.4 is 5.32 Å². The van der Waals surface area contributed by atoms with Crippen molar-refractivity contribution in [1.82, 2.24) is 20.0 Å². The topological polar surface area (TPSA) is 76.5 Å². The van der Waals surface area contributed by atoms with Crippen LogP contribution in [0.5, 0.6) is 0 Å². The molecule has 116 valence electrons. The Hall–Kier alpha value is -2.12. The minimum absolute atomic E-state index is 0.113. The fourth-order valence-electron chi connectivity index (χ4n) is 2.35. The molecule has 7 nitrogen and oxygen atoms in total. The van der Waals surface area contributed by atoms with Crippen LogP contribution in [0.15, 0.2) is 12.4 Å². The van der Waals surface area contributed by atoms with E-state index in [1.54, 1.807) is 22.8 Å². The van der Waals surface area contributed by atoms with Gasteiger partial charge < -0.3 is 15.0 Å². The first-order chi connectivity index (χ1) is 10.1. The average Bonchev–Trinajstić information content (AvgIpc) is 3.10. The summed E-state index contributed by atoms with van der Waals surface area (Å²) in [5, 5.41) is 6.71. The Morgan fingerprint density at radius 3 is 3.05 bits per heavy atom. The number of aromatic nitrogens is 2. The molecule has 0 aromatic carbocycles. The van der Waals surface area contributed by atoms with E-state index in [1.165, 1.54) is 6.20 Å². The van der Waals surface area contributed by atoms with Crippen LogP contribution in [0.4, 0.5) is 9.18 Å². The molecule has 1 aliphatic rings. The zero-order chi connectivity index (χ0) is 15.2. The lowest BCUT2D eigenvalue weighted by atomic mass is 10.2. The normalized spacial score (nSPS) is 17.8. The lowest BCUT2D eigenvalue weighted by Crippen LogP contribution is -2.43. The summed E-state index contributed by atoms with van der Waals surface area (Å²) in [6.07, 6.45) is 4.22. The Morgan fingerprint density at radius 2 is 2.38 bits per heavy atom. The van der Waals surface area contributed by atoms with Gasteiger partial charge >= 0.3 is 6.09 Å². The molecular weight excluding hydrogens is 279 g/mol. The third-order valence-electron chi connectivity index (χ3n) is 3.38. The second-order valence-electron chi connectivity index (χ2n) is 4.91. The number of alkyl halides is 1. The second-order valence-corrected chi connectivity index (χ2v) is 4.91. The molecule has 1 fully saturated rings. The van der Waals surface area contributed by atoms with Gasteiger partial charge in [-0.3, -0.25) is 9.48 Å². The van der Waals surface area contributed by atoms with Gasteiger partial charge in [0.1, 0.15) is 13.3 Å². The highest BCUT2D eigenvalue weighted by atomic mass is 19.1. The number of carbonyl (C=O) groups excluding carboxylic acids is 2. The summed E-state index contributed by atoms with van der Waals surface area (Å²) in [5.41, 5.74) is 0.474. The fraction of sp³-hybridized carbons (Fsp3) is 0.615. The first-order valence-electron chi connectivity index (χ1n) is 6.88. The number of nitrogens with zero attached hydrogens (tertiary/aromatic N) is 3. The van der Waals surface area contributed by atoms with E-state index in [2.05, 4.69) is 10.4 Å². The molecule has 0 saturated carbocycles. The number of rotatable bonds is 5. The molecule has 1 aromatic rings. The van der Waals surface area contributed by atoms with Gasteiger partial charge in [-0.2, -0.15) is 5.10 Å². The Balaban J connectivity index is 1.84. The number of amides is 2. The molecule has 21 heavy (non-hydrogen) atoms. The molecule has 0 radical (unpaired) electrons. The van der Waals surface area contributed by atoms with Crippen LogP contribution in [0.25, 0.3) is 0 Å². The predicted octanol–water partition coefficient (Wildman–Crippen LogP) is 0.720. The highest BCUT2D eigenvalue weighted by Crippen LogP contribution is 2.17. The van der Waals surface area contributed by atoms with Gasteiger partial charge in [-0.05, 0) is 12.8 Å². The lowest BCUT2D eigenvalue weighted by Gasteiger charge is -2.23. The van der Waals surface area contributed by atoms with Gasteiger partial charge in [-0.15, -0.1) is 0 Å². The molecule has 2 rings (SSSR count). The van der Waals surface area contributed by atoms with E-state index < -0.39 is 12.8 Å². The third-order valence-corrected chi connectivity index (χ3v) is 3.38. The van der Waals surface area contributed by atoms with E-state index in [4.69, 9.17) is 4.74 Å². The molecule has 0 bridgehead atoms. The molecule has 8 heteroatoms. The monoisotopic (exact) mass is 298 g/mol. The van der Waals surface area contributed by atoms with Crippen molar-refractivity contribution in [3.05, 3.63) is 18.0 Å². The van der Waals surface area contributed by atoms with E-state index in [1.807, 2.05) is 0 Å². The standard InChI is InChI=1S/C13H19FN4O3/c1-17-9-10(7-16-17)12(19)15-8-11-3-2-5-18(11)13(20)21-6-4-14/h7,9,11H,2-6,8H2,1H3,(H,15,19). The molecule has 1 N–H and O–H groups in total. The SMILES string of the molecule is Cn1cc(C(=O)NCC2CCCN2C(=O)OCCF)cn1. The van der Waals surface area contributed by atoms with Gasteiger partial charge in [0.15, 0.2) is 0 Å². The Morgan fingerprint density at radius 1 is 1.57 bits per heavy atom. The van der Waals surface area contributed by atoms with Gasteiger partial charge in [0, 0.05) is 26.3 Å². The van der Waals surface area contributed by atoms with Crippen molar-refractivity contribution in [2.45, 2.75) is 18.9 Å². The zero-order valence-electron chi connectivity index (χ0n) is 11.9. The molecule has 1 unspecified atom stereocenters. The summed E-state index contributed by atoms with van der Waals surface area (Å²) in [5.74, 6) is -0.230. The van der Waals surface area contributed by atoms with Crippen LogP contribution in [-0.4, -0.2) is 59.1 Å². The van der Waals surface area contributed by atoms with Gasteiger partial charge in [-0.1, -0.05) is 0 Å². The number of nitrogens with one attached hydrogen (secondary N) is 1. The van der Waals surface area contributed by atoms with E-state index in [0.717, 1.165) is 12.8 Å². The first kappa shape index (κ1) is 15.3. The molecule has 1 aliphatic heterocycles. The molecular formula is C13H19FN4O3. The van der Waals surface area contributed by atoms with Crippen LogP contribution in [0.1, 0.15) is 23.2 Å². The van der Waals surface area contributed by atoms with Crippen molar-refractivity contribution in [2.24, 2.45) is 7.05 Å². The fourth-order valence-corrected chi connectivity index (χ4v) is 2.35. The largest absolute Gasteiger partial charge is 0.447 e. The molecule has 1 aromatic heterocycles. The third kappa shape index (κ3) is 3.93. The highest BCUT2D eigenvalue weighted by molar-refractivity contribution is 5.93. The molecule has 1 saturated heterocycles. The van der Waals surface area contributed by atoms with Gasteiger partial charge in [0.2, 0.25) is 0 Å². The Bertz CT molecular complexity index is 505. The molecule has 1 atom stereocenters. The number of hydrogen-bond donors (Lipinski definition) is 1. The molecule has 2 heterocycles. The predicted molar refractivity (Wildman–Crippen MR) is 72.6 cm³/mol.